The maximum absolute atomic E-state index is 12.8. The van der Waals surface area contributed by atoms with Gasteiger partial charge in [0.25, 0.3) is 0 Å². The Morgan fingerprint density at radius 1 is 1.14 bits per heavy atom. The van der Waals surface area contributed by atoms with Gasteiger partial charge in [-0.2, -0.15) is 0 Å². The van der Waals surface area contributed by atoms with Gasteiger partial charge in [0.15, 0.2) is 9.84 Å². The van der Waals surface area contributed by atoms with Crippen LogP contribution < -0.4 is 0 Å². The van der Waals surface area contributed by atoms with Crippen molar-refractivity contribution >= 4 is 15.7 Å². The van der Waals surface area contributed by atoms with Gasteiger partial charge in [0.1, 0.15) is 5.25 Å². The summed E-state index contributed by atoms with van der Waals surface area (Å²) in [5.74, 6) is -0.315. The molecule has 2 saturated heterocycles. The molecule has 114 valence electrons. The standard InChI is InChI=1S/C16H21NO3S/c1-12-11-13-7-5-6-10-17(13)16(18)15(12)21(19,20)14-8-3-2-4-9-14/h2-4,8-9,12-13,15H,5-7,10-11H2,1H3/t12-,13-,15?/m0/s1. The summed E-state index contributed by atoms with van der Waals surface area (Å²) >= 11 is 0. The van der Waals surface area contributed by atoms with Crippen LogP contribution in [-0.2, 0) is 14.6 Å². The molecule has 0 N–H and O–H groups in total. The van der Waals surface area contributed by atoms with Gasteiger partial charge in [-0.15, -0.1) is 0 Å². The minimum absolute atomic E-state index is 0.123. The molecule has 2 aliphatic rings. The quantitative estimate of drug-likeness (QED) is 0.842. The van der Waals surface area contributed by atoms with Crippen LogP contribution in [0.5, 0.6) is 0 Å². The molecule has 4 nitrogen and oxygen atoms in total. The zero-order valence-corrected chi connectivity index (χ0v) is 13.1. The maximum Gasteiger partial charge on any atom is 0.241 e. The van der Waals surface area contributed by atoms with Gasteiger partial charge in [-0.25, -0.2) is 8.42 Å². The Hall–Kier alpha value is -1.36. The number of amides is 1. The van der Waals surface area contributed by atoms with E-state index >= 15 is 0 Å². The molecule has 3 rings (SSSR count). The molecule has 5 heteroatoms. The predicted molar refractivity (Wildman–Crippen MR) is 80.5 cm³/mol. The number of carbonyl (C=O) groups is 1. The lowest BCUT2D eigenvalue weighted by atomic mass is 9.86. The molecule has 3 atom stereocenters. The van der Waals surface area contributed by atoms with Crippen LogP contribution in [0, 0.1) is 5.92 Å². The first kappa shape index (κ1) is 14.6. The summed E-state index contributed by atoms with van der Waals surface area (Å²) in [6.45, 7) is 2.60. The van der Waals surface area contributed by atoms with E-state index in [9.17, 15) is 13.2 Å². The van der Waals surface area contributed by atoms with Gasteiger partial charge in [-0.3, -0.25) is 4.79 Å². The Morgan fingerprint density at radius 3 is 2.57 bits per heavy atom. The fraction of sp³-hybridized carbons (Fsp3) is 0.562. The summed E-state index contributed by atoms with van der Waals surface area (Å²) in [7, 11) is -3.60. The first-order chi connectivity index (χ1) is 10.0. The molecule has 2 heterocycles. The Labute approximate surface area is 126 Å². The third-order valence-electron chi connectivity index (χ3n) is 4.72. The molecule has 1 aromatic rings. The average molecular weight is 307 g/mol. The number of hydrogen-bond acceptors (Lipinski definition) is 3. The molecule has 0 radical (unpaired) electrons. The van der Waals surface area contributed by atoms with E-state index in [-0.39, 0.29) is 22.8 Å². The molecular formula is C16H21NO3S. The third-order valence-corrected chi connectivity index (χ3v) is 6.98. The van der Waals surface area contributed by atoms with Crippen molar-refractivity contribution in [3.8, 4) is 0 Å². The van der Waals surface area contributed by atoms with E-state index in [1.54, 1.807) is 30.3 Å². The van der Waals surface area contributed by atoms with E-state index in [4.69, 9.17) is 0 Å². The van der Waals surface area contributed by atoms with E-state index in [2.05, 4.69) is 0 Å². The molecule has 1 amide bonds. The van der Waals surface area contributed by atoms with Gasteiger partial charge in [0.2, 0.25) is 5.91 Å². The second-order valence-corrected chi connectivity index (χ2v) is 8.24. The lowest BCUT2D eigenvalue weighted by molar-refractivity contribution is -0.139. The number of piperidine rings is 2. The number of nitrogens with zero attached hydrogens (tertiary/aromatic N) is 1. The lowest BCUT2D eigenvalue weighted by Gasteiger charge is -2.44. The van der Waals surface area contributed by atoms with Gasteiger partial charge >= 0.3 is 0 Å². The summed E-state index contributed by atoms with van der Waals surface area (Å²) in [5, 5.41) is -0.922. The van der Waals surface area contributed by atoms with Crippen LogP contribution in [0.2, 0.25) is 0 Å². The zero-order chi connectivity index (χ0) is 15.0. The van der Waals surface area contributed by atoms with Gasteiger partial charge in [0.05, 0.1) is 4.90 Å². The second kappa shape index (κ2) is 5.44. The van der Waals surface area contributed by atoms with Crippen molar-refractivity contribution in [2.24, 2.45) is 5.92 Å². The maximum atomic E-state index is 12.8. The molecule has 1 unspecified atom stereocenters. The Morgan fingerprint density at radius 2 is 1.86 bits per heavy atom. The van der Waals surface area contributed by atoms with E-state index in [0.29, 0.717) is 6.54 Å². The normalized spacial score (nSPS) is 30.0. The molecule has 0 saturated carbocycles. The van der Waals surface area contributed by atoms with Crippen molar-refractivity contribution in [2.45, 2.75) is 48.8 Å². The van der Waals surface area contributed by atoms with Crippen LogP contribution in [0.1, 0.15) is 32.6 Å². The summed E-state index contributed by atoms with van der Waals surface area (Å²) in [5.41, 5.74) is 0. The van der Waals surface area contributed by atoms with Crippen LogP contribution >= 0.6 is 0 Å². The highest BCUT2D eigenvalue weighted by molar-refractivity contribution is 7.92. The molecular weight excluding hydrogens is 286 g/mol. The van der Waals surface area contributed by atoms with Crippen LogP contribution in [-0.4, -0.2) is 37.1 Å². The summed E-state index contributed by atoms with van der Waals surface area (Å²) in [6, 6.07) is 8.59. The highest BCUT2D eigenvalue weighted by Gasteiger charge is 2.47. The van der Waals surface area contributed by atoms with Crippen LogP contribution in [0.4, 0.5) is 0 Å². The SMILES string of the molecule is C[C@H]1C[C@@H]2CCCCN2C(=O)C1S(=O)(=O)c1ccccc1. The predicted octanol–water partition coefficient (Wildman–Crippen LogP) is 2.25. The van der Waals surface area contributed by atoms with Crippen molar-refractivity contribution in [3.63, 3.8) is 0 Å². The number of sulfone groups is 1. The molecule has 0 aromatic heterocycles. The number of rotatable bonds is 2. The van der Waals surface area contributed by atoms with Crippen molar-refractivity contribution in [1.29, 1.82) is 0 Å². The first-order valence-electron chi connectivity index (χ1n) is 7.61. The summed E-state index contributed by atoms with van der Waals surface area (Å²) in [4.78, 5) is 14.8. The fourth-order valence-corrected chi connectivity index (χ4v) is 5.64. The number of fused-ring (bicyclic) bond motifs is 1. The van der Waals surface area contributed by atoms with Crippen molar-refractivity contribution in [2.75, 3.05) is 6.54 Å². The van der Waals surface area contributed by atoms with E-state index in [1.807, 2.05) is 11.8 Å². The molecule has 21 heavy (non-hydrogen) atoms. The molecule has 0 aliphatic carbocycles. The van der Waals surface area contributed by atoms with Crippen LogP contribution in [0.25, 0.3) is 0 Å². The molecule has 1 aromatic carbocycles. The largest absolute Gasteiger partial charge is 0.339 e. The zero-order valence-electron chi connectivity index (χ0n) is 12.2. The average Bonchev–Trinajstić information content (AvgIpc) is 2.48. The summed E-state index contributed by atoms with van der Waals surface area (Å²) in [6.07, 6.45) is 3.92. The molecule has 2 fully saturated rings. The minimum atomic E-state index is -3.60. The van der Waals surface area contributed by atoms with Crippen LogP contribution in [0.3, 0.4) is 0 Å². The summed E-state index contributed by atoms with van der Waals surface area (Å²) < 4.78 is 25.7. The highest BCUT2D eigenvalue weighted by atomic mass is 32.2. The van der Waals surface area contributed by atoms with Crippen molar-refractivity contribution in [3.05, 3.63) is 30.3 Å². The number of hydrogen-bond donors (Lipinski definition) is 0. The third kappa shape index (κ3) is 2.48. The first-order valence-corrected chi connectivity index (χ1v) is 9.16. The monoisotopic (exact) mass is 307 g/mol. The van der Waals surface area contributed by atoms with Crippen molar-refractivity contribution in [1.82, 2.24) is 4.90 Å². The Balaban J connectivity index is 1.96. The van der Waals surface area contributed by atoms with Gasteiger partial charge in [-0.05, 0) is 43.7 Å². The number of carbonyl (C=O) groups excluding carboxylic acids is 1. The lowest BCUT2D eigenvalue weighted by Crippen LogP contribution is -2.57. The van der Waals surface area contributed by atoms with Crippen LogP contribution in [0.15, 0.2) is 35.2 Å². The van der Waals surface area contributed by atoms with E-state index in [0.717, 1.165) is 25.7 Å². The van der Waals surface area contributed by atoms with Crippen molar-refractivity contribution < 1.29 is 13.2 Å². The number of benzene rings is 1. The topological polar surface area (TPSA) is 54.5 Å². The van der Waals surface area contributed by atoms with E-state index < -0.39 is 15.1 Å². The fourth-order valence-electron chi connectivity index (χ4n) is 3.69. The van der Waals surface area contributed by atoms with Gasteiger partial charge in [-0.1, -0.05) is 25.1 Å². The molecule has 2 aliphatic heterocycles. The highest BCUT2D eigenvalue weighted by Crippen LogP contribution is 2.35. The minimum Gasteiger partial charge on any atom is -0.339 e. The Kier molecular flexibility index (Phi) is 3.78. The smallest absolute Gasteiger partial charge is 0.241 e. The Bertz CT molecular complexity index is 626. The van der Waals surface area contributed by atoms with Gasteiger partial charge < -0.3 is 4.90 Å². The molecule has 0 bridgehead atoms. The van der Waals surface area contributed by atoms with E-state index in [1.165, 1.54) is 0 Å². The van der Waals surface area contributed by atoms with Gasteiger partial charge in [0, 0.05) is 12.6 Å². The second-order valence-electron chi connectivity index (χ2n) is 6.17. The molecule has 0 spiro atoms.